The van der Waals surface area contributed by atoms with Crippen LogP contribution in [0.1, 0.15) is 53.4 Å². The molecule has 0 aliphatic carbocycles. The van der Waals surface area contributed by atoms with Crippen molar-refractivity contribution in [3.63, 3.8) is 0 Å². The number of ether oxygens (including phenoxy) is 1. The minimum Gasteiger partial charge on any atom is -0.489 e. The SMILES string of the molecule is C=C(C)COc1cccc(C(=O)NC(CC)c2ccc(C)cc2C)c1. The molecule has 1 unspecified atom stereocenters. The van der Waals surface area contributed by atoms with E-state index in [1.54, 1.807) is 12.1 Å². The maximum atomic E-state index is 12.7. The van der Waals surface area contributed by atoms with E-state index in [-0.39, 0.29) is 11.9 Å². The van der Waals surface area contributed by atoms with Gasteiger partial charge in [0, 0.05) is 5.56 Å². The van der Waals surface area contributed by atoms with Crippen LogP contribution in [0.4, 0.5) is 0 Å². The van der Waals surface area contributed by atoms with E-state index in [1.165, 1.54) is 11.1 Å². The zero-order valence-electron chi connectivity index (χ0n) is 15.6. The van der Waals surface area contributed by atoms with Crippen LogP contribution < -0.4 is 10.1 Å². The molecular formula is C22H27NO2. The first kappa shape index (κ1) is 18.8. The van der Waals surface area contributed by atoms with Crippen LogP contribution in [0, 0.1) is 13.8 Å². The molecule has 0 radical (unpaired) electrons. The van der Waals surface area contributed by atoms with Gasteiger partial charge in [-0.25, -0.2) is 0 Å². The summed E-state index contributed by atoms with van der Waals surface area (Å²) in [5, 5.41) is 3.14. The minimum absolute atomic E-state index is 0.00639. The second-order valence-corrected chi connectivity index (χ2v) is 6.57. The summed E-state index contributed by atoms with van der Waals surface area (Å²) in [7, 11) is 0. The highest BCUT2D eigenvalue weighted by Gasteiger charge is 2.16. The van der Waals surface area contributed by atoms with Gasteiger partial charge in [-0.1, -0.05) is 43.3 Å². The first-order chi connectivity index (χ1) is 11.9. The largest absolute Gasteiger partial charge is 0.489 e. The summed E-state index contributed by atoms with van der Waals surface area (Å²) in [6, 6.07) is 13.6. The van der Waals surface area contributed by atoms with E-state index in [2.05, 4.69) is 50.9 Å². The highest BCUT2D eigenvalue weighted by atomic mass is 16.5. The molecule has 2 aromatic carbocycles. The van der Waals surface area contributed by atoms with E-state index < -0.39 is 0 Å². The fraction of sp³-hybridized carbons (Fsp3) is 0.318. The van der Waals surface area contributed by atoms with Crippen molar-refractivity contribution in [1.29, 1.82) is 0 Å². The lowest BCUT2D eigenvalue weighted by Crippen LogP contribution is -2.28. The van der Waals surface area contributed by atoms with Crippen LogP contribution in [0.25, 0.3) is 0 Å². The Hall–Kier alpha value is -2.55. The van der Waals surface area contributed by atoms with Crippen molar-refractivity contribution < 1.29 is 9.53 Å². The van der Waals surface area contributed by atoms with Crippen LogP contribution in [0.15, 0.2) is 54.6 Å². The van der Waals surface area contributed by atoms with Gasteiger partial charge in [0.05, 0.1) is 6.04 Å². The maximum absolute atomic E-state index is 12.7. The van der Waals surface area contributed by atoms with Crippen molar-refractivity contribution in [2.24, 2.45) is 0 Å². The van der Waals surface area contributed by atoms with Crippen LogP contribution in [-0.2, 0) is 0 Å². The average molecular weight is 337 g/mol. The zero-order valence-corrected chi connectivity index (χ0v) is 15.6. The fourth-order valence-corrected chi connectivity index (χ4v) is 2.79. The van der Waals surface area contributed by atoms with Crippen LogP contribution in [-0.4, -0.2) is 12.5 Å². The number of rotatable bonds is 7. The number of aryl methyl sites for hydroxylation is 2. The van der Waals surface area contributed by atoms with Crippen LogP contribution >= 0.6 is 0 Å². The number of hydrogen-bond donors (Lipinski definition) is 1. The lowest BCUT2D eigenvalue weighted by atomic mass is 9.97. The number of benzene rings is 2. The molecule has 1 N–H and O–H groups in total. The number of amides is 1. The monoisotopic (exact) mass is 337 g/mol. The van der Waals surface area contributed by atoms with Gasteiger partial charge in [-0.2, -0.15) is 0 Å². The molecule has 0 aliphatic heterocycles. The maximum Gasteiger partial charge on any atom is 0.251 e. The van der Waals surface area contributed by atoms with Gasteiger partial charge in [0.25, 0.3) is 5.91 Å². The van der Waals surface area contributed by atoms with Crippen LogP contribution in [0.2, 0.25) is 0 Å². The zero-order chi connectivity index (χ0) is 18.4. The lowest BCUT2D eigenvalue weighted by Gasteiger charge is -2.20. The lowest BCUT2D eigenvalue weighted by molar-refractivity contribution is 0.0935. The predicted molar refractivity (Wildman–Crippen MR) is 103 cm³/mol. The van der Waals surface area contributed by atoms with Gasteiger partial charge in [-0.3, -0.25) is 4.79 Å². The van der Waals surface area contributed by atoms with Crippen LogP contribution in [0.5, 0.6) is 5.75 Å². The summed E-state index contributed by atoms with van der Waals surface area (Å²) in [5.74, 6) is 0.586. The molecular weight excluding hydrogens is 310 g/mol. The van der Waals surface area contributed by atoms with Crippen molar-refractivity contribution in [1.82, 2.24) is 5.32 Å². The Morgan fingerprint density at radius 1 is 1.20 bits per heavy atom. The highest BCUT2D eigenvalue weighted by Crippen LogP contribution is 2.23. The Bertz CT molecular complexity index is 764. The average Bonchev–Trinajstić information content (AvgIpc) is 2.58. The molecule has 0 fully saturated rings. The molecule has 3 heteroatoms. The molecule has 0 saturated carbocycles. The van der Waals surface area contributed by atoms with E-state index in [0.717, 1.165) is 17.6 Å². The van der Waals surface area contributed by atoms with Crippen molar-refractivity contribution >= 4 is 5.91 Å². The van der Waals surface area contributed by atoms with Gasteiger partial charge in [0.1, 0.15) is 12.4 Å². The van der Waals surface area contributed by atoms with Gasteiger partial charge in [-0.15, -0.1) is 0 Å². The number of carbonyl (C=O) groups is 1. The Morgan fingerprint density at radius 3 is 2.60 bits per heavy atom. The second-order valence-electron chi connectivity index (χ2n) is 6.57. The Kier molecular flexibility index (Phi) is 6.40. The fourth-order valence-electron chi connectivity index (χ4n) is 2.79. The molecule has 25 heavy (non-hydrogen) atoms. The van der Waals surface area contributed by atoms with Gasteiger partial charge >= 0.3 is 0 Å². The molecule has 132 valence electrons. The Balaban J connectivity index is 2.14. The van der Waals surface area contributed by atoms with Gasteiger partial charge in [0.15, 0.2) is 0 Å². The molecule has 3 nitrogen and oxygen atoms in total. The number of hydrogen-bond acceptors (Lipinski definition) is 2. The van der Waals surface area contributed by atoms with E-state index in [0.29, 0.717) is 17.9 Å². The normalized spacial score (nSPS) is 11.7. The second kappa shape index (κ2) is 8.52. The molecule has 1 atom stereocenters. The van der Waals surface area contributed by atoms with Crippen LogP contribution in [0.3, 0.4) is 0 Å². The van der Waals surface area contributed by atoms with E-state index >= 15 is 0 Å². The van der Waals surface area contributed by atoms with Crippen molar-refractivity contribution in [3.8, 4) is 5.75 Å². The predicted octanol–water partition coefficient (Wildman–Crippen LogP) is 5.14. The van der Waals surface area contributed by atoms with Gasteiger partial charge in [-0.05, 0) is 62.1 Å². The topological polar surface area (TPSA) is 38.3 Å². The molecule has 0 aromatic heterocycles. The molecule has 2 rings (SSSR count). The first-order valence-electron chi connectivity index (χ1n) is 8.66. The molecule has 0 bridgehead atoms. The summed E-state index contributed by atoms with van der Waals surface area (Å²) in [5.41, 5.74) is 5.13. The third-order valence-corrected chi connectivity index (χ3v) is 4.10. The van der Waals surface area contributed by atoms with E-state index in [4.69, 9.17) is 4.74 Å². The number of nitrogens with one attached hydrogen (secondary N) is 1. The third kappa shape index (κ3) is 5.21. The molecule has 0 spiro atoms. The molecule has 1 amide bonds. The number of carbonyl (C=O) groups excluding carboxylic acids is 1. The summed E-state index contributed by atoms with van der Waals surface area (Å²) in [4.78, 5) is 12.7. The molecule has 2 aromatic rings. The summed E-state index contributed by atoms with van der Waals surface area (Å²) >= 11 is 0. The summed E-state index contributed by atoms with van der Waals surface area (Å²) in [6.07, 6.45) is 0.835. The smallest absolute Gasteiger partial charge is 0.251 e. The van der Waals surface area contributed by atoms with Gasteiger partial charge < -0.3 is 10.1 Å². The quantitative estimate of drug-likeness (QED) is 0.711. The first-order valence-corrected chi connectivity index (χ1v) is 8.66. The molecule has 0 saturated heterocycles. The Labute approximate surface area is 150 Å². The Morgan fingerprint density at radius 2 is 1.96 bits per heavy atom. The summed E-state index contributed by atoms with van der Waals surface area (Å²) < 4.78 is 5.63. The minimum atomic E-state index is -0.0902. The summed E-state index contributed by atoms with van der Waals surface area (Å²) in [6.45, 7) is 12.4. The molecule has 0 heterocycles. The van der Waals surface area contributed by atoms with Crippen molar-refractivity contribution in [3.05, 3.63) is 76.9 Å². The van der Waals surface area contributed by atoms with Gasteiger partial charge in [0.2, 0.25) is 0 Å². The van der Waals surface area contributed by atoms with Crippen molar-refractivity contribution in [2.75, 3.05) is 6.61 Å². The van der Waals surface area contributed by atoms with E-state index in [1.807, 2.05) is 19.1 Å². The highest BCUT2D eigenvalue weighted by molar-refractivity contribution is 5.94. The van der Waals surface area contributed by atoms with Crippen molar-refractivity contribution in [2.45, 2.75) is 40.2 Å². The third-order valence-electron chi connectivity index (χ3n) is 4.10. The standard InChI is InChI=1S/C22H27NO2/c1-6-21(20-11-10-16(4)12-17(20)5)23-22(24)18-8-7-9-19(13-18)25-14-15(2)3/h7-13,21H,2,6,14H2,1,3-5H3,(H,23,24). The van der Waals surface area contributed by atoms with E-state index in [9.17, 15) is 4.79 Å². The molecule has 0 aliphatic rings.